The molecule has 5 nitrogen and oxygen atoms in total. The number of carbonyl (C=O) groups is 1. The van der Waals surface area contributed by atoms with Crippen molar-refractivity contribution in [2.24, 2.45) is 7.05 Å². The smallest absolute Gasteiger partial charge is 0.408 e. The first-order valence-electron chi connectivity index (χ1n) is 6.67. The van der Waals surface area contributed by atoms with E-state index in [9.17, 15) is 9.59 Å². The summed E-state index contributed by atoms with van der Waals surface area (Å²) in [5.74, 6) is -0.625. The Morgan fingerprint density at radius 2 is 2.05 bits per heavy atom. The highest BCUT2D eigenvalue weighted by Gasteiger charge is 2.10. The molecule has 1 amide bonds. The summed E-state index contributed by atoms with van der Waals surface area (Å²) in [6.07, 6.45) is 0.177. The Kier molecular flexibility index (Phi) is 3.73. The van der Waals surface area contributed by atoms with Crippen molar-refractivity contribution in [2.75, 3.05) is 5.32 Å². The molecule has 0 fully saturated rings. The first-order chi connectivity index (χ1) is 10.5. The third-order valence-electron chi connectivity index (χ3n) is 3.38. The van der Waals surface area contributed by atoms with E-state index in [1.54, 1.807) is 37.4 Å². The van der Waals surface area contributed by atoms with E-state index >= 15 is 0 Å². The molecule has 0 saturated carbocycles. The van der Waals surface area contributed by atoms with Crippen molar-refractivity contribution >= 4 is 34.3 Å². The molecule has 0 aliphatic heterocycles. The summed E-state index contributed by atoms with van der Waals surface area (Å²) < 4.78 is 6.50. The van der Waals surface area contributed by atoms with Crippen molar-refractivity contribution in [2.45, 2.75) is 6.42 Å². The standard InChI is InChI=1S/C16H13ClN2O3/c1-19-13-7-6-11(9-14(13)22-16(19)21)18-15(20)8-10-4-2-3-5-12(10)17/h2-7,9H,8H2,1H3,(H,18,20). The van der Waals surface area contributed by atoms with Crippen LogP contribution in [0.2, 0.25) is 5.02 Å². The number of hydrogen-bond acceptors (Lipinski definition) is 3. The molecule has 0 spiro atoms. The van der Waals surface area contributed by atoms with Gasteiger partial charge in [0.25, 0.3) is 0 Å². The first-order valence-corrected chi connectivity index (χ1v) is 7.05. The van der Waals surface area contributed by atoms with Gasteiger partial charge < -0.3 is 9.73 Å². The van der Waals surface area contributed by atoms with Crippen molar-refractivity contribution in [3.63, 3.8) is 0 Å². The molecule has 1 aromatic heterocycles. The quantitative estimate of drug-likeness (QED) is 0.808. The molecular weight excluding hydrogens is 304 g/mol. The number of aryl methyl sites for hydroxylation is 1. The van der Waals surface area contributed by atoms with E-state index < -0.39 is 5.76 Å². The highest BCUT2D eigenvalue weighted by molar-refractivity contribution is 6.31. The maximum atomic E-state index is 12.1. The van der Waals surface area contributed by atoms with Crippen LogP contribution in [0.5, 0.6) is 0 Å². The van der Waals surface area contributed by atoms with Gasteiger partial charge >= 0.3 is 5.76 Å². The van der Waals surface area contributed by atoms with Gasteiger partial charge in [0.05, 0.1) is 11.9 Å². The molecule has 1 N–H and O–H groups in total. The van der Waals surface area contributed by atoms with Crippen LogP contribution >= 0.6 is 11.6 Å². The lowest BCUT2D eigenvalue weighted by molar-refractivity contribution is -0.115. The SMILES string of the molecule is Cn1c(=O)oc2cc(NC(=O)Cc3ccccc3Cl)ccc21. The van der Waals surface area contributed by atoms with Crippen molar-refractivity contribution in [1.29, 1.82) is 0 Å². The van der Waals surface area contributed by atoms with Crippen LogP contribution in [-0.2, 0) is 18.3 Å². The Balaban J connectivity index is 1.79. The molecular formula is C16H13ClN2O3. The fourth-order valence-electron chi connectivity index (χ4n) is 2.23. The van der Waals surface area contributed by atoms with Crippen LogP contribution < -0.4 is 11.1 Å². The topological polar surface area (TPSA) is 64.2 Å². The number of rotatable bonds is 3. The Bertz CT molecular complexity index is 911. The Hall–Kier alpha value is -2.53. The van der Waals surface area contributed by atoms with Crippen LogP contribution in [0.3, 0.4) is 0 Å². The van der Waals surface area contributed by atoms with Gasteiger partial charge in [0.2, 0.25) is 5.91 Å². The fraction of sp³-hybridized carbons (Fsp3) is 0.125. The van der Waals surface area contributed by atoms with Crippen molar-refractivity contribution in [3.05, 3.63) is 63.6 Å². The third-order valence-corrected chi connectivity index (χ3v) is 3.75. The molecule has 3 aromatic rings. The van der Waals surface area contributed by atoms with Gasteiger partial charge in [0.1, 0.15) is 0 Å². The number of benzene rings is 2. The summed E-state index contributed by atoms with van der Waals surface area (Å²) in [4.78, 5) is 23.5. The molecule has 112 valence electrons. The zero-order valence-corrected chi connectivity index (χ0v) is 12.6. The van der Waals surface area contributed by atoms with E-state index in [-0.39, 0.29) is 12.3 Å². The van der Waals surface area contributed by atoms with Gasteiger partial charge in [0, 0.05) is 23.8 Å². The maximum absolute atomic E-state index is 12.1. The number of nitrogens with one attached hydrogen (secondary N) is 1. The second-order valence-electron chi connectivity index (χ2n) is 4.93. The zero-order chi connectivity index (χ0) is 15.7. The minimum atomic E-state index is -0.436. The van der Waals surface area contributed by atoms with Crippen molar-refractivity contribution in [3.8, 4) is 0 Å². The van der Waals surface area contributed by atoms with E-state index in [0.717, 1.165) is 5.56 Å². The average molecular weight is 317 g/mol. The number of aromatic nitrogens is 1. The molecule has 1 heterocycles. The number of halogens is 1. The molecule has 3 rings (SSSR count). The second kappa shape index (κ2) is 5.69. The minimum absolute atomic E-state index is 0.177. The molecule has 0 saturated heterocycles. The molecule has 0 aliphatic rings. The largest absolute Gasteiger partial charge is 0.419 e. The monoisotopic (exact) mass is 316 g/mol. The predicted octanol–water partition coefficient (Wildman–Crippen LogP) is 2.97. The van der Waals surface area contributed by atoms with Crippen molar-refractivity contribution in [1.82, 2.24) is 4.57 Å². The van der Waals surface area contributed by atoms with E-state index in [4.69, 9.17) is 16.0 Å². The molecule has 2 aromatic carbocycles. The lowest BCUT2D eigenvalue weighted by atomic mass is 10.1. The molecule has 0 bridgehead atoms. The van der Waals surface area contributed by atoms with Gasteiger partial charge in [0.15, 0.2) is 5.58 Å². The van der Waals surface area contributed by atoms with Crippen molar-refractivity contribution < 1.29 is 9.21 Å². The number of anilines is 1. The normalized spacial score (nSPS) is 10.8. The average Bonchev–Trinajstić information content (AvgIpc) is 2.76. The van der Waals surface area contributed by atoms with Crippen LogP contribution in [0, 0.1) is 0 Å². The highest BCUT2D eigenvalue weighted by atomic mass is 35.5. The fourth-order valence-corrected chi connectivity index (χ4v) is 2.43. The Labute approximate surface area is 131 Å². The van der Waals surface area contributed by atoms with E-state index in [1.165, 1.54) is 4.57 Å². The highest BCUT2D eigenvalue weighted by Crippen LogP contribution is 2.19. The van der Waals surface area contributed by atoms with Gasteiger partial charge in [-0.15, -0.1) is 0 Å². The second-order valence-corrected chi connectivity index (χ2v) is 5.33. The van der Waals surface area contributed by atoms with Gasteiger partial charge in [-0.05, 0) is 23.8 Å². The molecule has 0 aliphatic carbocycles. The predicted molar refractivity (Wildman–Crippen MR) is 85.2 cm³/mol. The van der Waals surface area contributed by atoms with Crippen LogP contribution in [-0.4, -0.2) is 10.5 Å². The molecule has 22 heavy (non-hydrogen) atoms. The van der Waals surface area contributed by atoms with Gasteiger partial charge in [-0.2, -0.15) is 0 Å². The first kappa shape index (κ1) is 14.4. The van der Waals surface area contributed by atoms with E-state index in [1.807, 2.05) is 12.1 Å². The number of carbonyl (C=O) groups excluding carboxylic acids is 1. The summed E-state index contributed by atoms with van der Waals surface area (Å²) >= 11 is 6.04. The van der Waals surface area contributed by atoms with Crippen LogP contribution in [0.15, 0.2) is 51.7 Å². The summed E-state index contributed by atoms with van der Waals surface area (Å²) in [7, 11) is 1.63. The number of hydrogen-bond donors (Lipinski definition) is 1. The summed E-state index contributed by atoms with van der Waals surface area (Å²) in [6.45, 7) is 0. The molecule has 0 unspecified atom stereocenters. The lowest BCUT2D eigenvalue weighted by Gasteiger charge is -2.06. The summed E-state index contributed by atoms with van der Waals surface area (Å²) in [5.41, 5.74) is 2.44. The number of amides is 1. The number of fused-ring (bicyclic) bond motifs is 1. The Morgan fingerprint density at radius 1 is 1.27 bits per heavy atom. The minimum Gasteiger partial charge on any atom is -0.408 e. The van der Waals surface area contributed by atoms with Crippen LogP contribution in [0.1, 0.15) is 5.56 Å². The summed E-state index contributed by atoms with van der Waals surface area (Å²) in [6, 6.07) is 12.3. The van der Waals surface area contributed by atoms with Gasteiger partial charge in [-0.1, -0.05) is 29.8 Å². The zero-order valence-electron chi connectivity index (χ0n) is 11.8. The third kappa shape index (κ3) is 2.76. The maximum Gasteiger partial charge on any atom is 0.419 e. The van der Waals surface area contributed by atoms with E-state index in [2.05, 4.69) is 5.32 Å². The number of oxazole rings is 1. The van der Waals surface area contributed by atoms with Crippen LogP contribution in [0.4, 0.5) is 5.69 Å². The lowest BCUT2D eigenvalue weighted by Crippen LogP contribution is -2.14. The molecule has 0 radical (unpaired) electrons. The number of nitrogens with zero attached hydrogens (tertiary/aromatic N) is 1. The molecule has 0 atom stereocenters. The Morgan fingerprint density at radius 3 is 2.82 bits per heavy atom. The molecule has 6 heteroatoms. The van der Waals surface area contributed by atoms with Crippen LogP contribution in [0.25, 0.3) is 11.1 Å². The van der Waals surface area contributed by atoms with E-state index in [0.29, 0.717) is 21.8 Å². The van der Waals surface area contributed by atoms with Gasteiger partial charge in [-0.3, -0.25) is 9.36 Å². The summed E-state index contributed by atoms with van der Waals surface area (Å²) in [5, 5.41) is 3.33. The van der Waals surface area contributed by atoms with Gasteiger partial charge in [-0.25, -0.2) is 4.79 Å².